The van der Waals surface area contributed by atoms with Crippen molar-refractivity contribution < 1.29 is 45.4 Å². The summed E-state index contributed by atoms with van der Waals surface area (Å²) in [4.78, 5) is 2.79. The Morgan fingerprint density at radius 3 is 1.79 bits per heavy atom. The molecular formula is C30H35F2O8S2+. The molecule has 8 nitrogen and oxygen atoms in total. The smallest absolute Gasteiger partial charge is 0.405 e. The molecule has 228 valence electrons. The first-order chi connectivity index (χ1) is 19.6. The number of hydrogen-bond donors (Lipinski definition) is 1. The maximum absolute atomic E-state index is 14.0. The summed E-state index contributed by atoms with van der Waals surface area (Å²) in [6, 6.07) is 22.0. The Kier molecular flexibility index (Phi) is 9.56. The summed E-state index contributed by atoms with van der Waals surface area (Å²) in [5, 5.41) is -4.47. The minimum Gasteiger partial charge on any atom is -0.483 e. The van der Waals surface area contributed by atoms with Gasteiger partial charge in [-0.1, -0.05) is 13.8 Å². The van der Waals surface area contributed by atoms with Gasteiger partial charge >= 0.3 is 15.4 Å². The number of benzene rings is 3. The van der Waals surface area contributed by atoms with E-state index in [-0.39, 0.29) is 18.0 Å². The number of halogens is 2. The van der Waals surface area contributed by atoms with Gasteiger partial charge in [-0.15, -0.1) is 0 Å². The number of methoxy groups -OCH3 is 1. The molecule has 0 amide bonds. The van der Waals surface area contributed by atoms with E-state index in [1.165, 1.54) is 19.2 Å². The number of rotatable bonds is 11. The van der Waals surface area contributed by atoms with Gasteiger partial charge in [0.1, 0.15) is 11.5 Å². The lowest BCUT2D eigenvalue weighted by Gasteiger charge is -2.41. The lowest BCUT2D eigenvalue weighted by Crippen LogP contribution is -2.43. The third-order valence-electron chi connectivity index (χ3n) is 6.68. The van der Waals surface area contributed by atoms with Crippen LogP contribution < -0.4 is 9.47 Å². The van der Waals surface area contributed by atoms with E-state index in [4.69, 9.17) is 28.2 Å². The van der Waals surface area contributed by atoms with Crippen LogP contribution in [0.5, 0.6) is 11.5 Å². The topological polar surface area (TPSA) is 101 Å². The predicted molar refractivity (Wildman–Crippen MR) is 154 cm³/mol. The lowest BCUT2D eigenvalue weighted by atomic mass is 9.94. The van der Waals surface area contributed by atoms with Gasteiger partial charge < -0.3 is 23.7 Å². The van der Waals surface area contributed by atoms with Gasteiger partial charge in [0.25, 0.3) is 0 Å². The van der Waals surface area contributed by atoms with Crippen LogP contribution in [0.3, 0.4) is 0 Å². The normalized spacial score (nSPS) is 18.2. The highest BCUT2D eigenvalue weighted by molar-refractivity contribution is 7.97. The zero-order chi connectivity index (χ0) is 30.8. The number of ether oxygens (including phenoxy) is 5. The molecule has 0 radical (unpaired) electrons. The molecule has 3 aromatic carbocycles. The van der Waals surface area contributed by atoms with Crippen LogP contribution in [0.4, 0.5) is 8.78 Å². The Bertz CT molecular complexity index is 1430. The van der Waals surface area contributed by atoms with Gasteiger partial charge in [0.2, 0.25) is 0 Å². The zero-order valence-electron chi connectivity index (χ0n) is 24.0. The summed E-state index contributed by atoms with van der Waals surface area (Å²) in [6.45, 7) is 8.20. The first kappa shape index (κ1) is 32.2. The fraction of sp³-hybridized carbons (Fsp3) is 0.400. The van der Waals surface area contributed by atoms with Crippen LogP contribution in [0.2, 0.25) is 0 Å². The first-order valence-corrected chi connectivity index (χ1v) is 15.8. The van der Waals surface area contributed by atoms with Gasteiger partial charge in [-0.05, 0) is 86.6 Å². The Morgan fingerprint density at radius 1 is 0.881 bits per heavy atom. The summed E-state index contributed by atoms with van der Waals surface area (Å²) in [6.07, 6.45) is -2.11. The molecule has 1 N–H and O–H groups in total. The van der Waals surface area contributed by atoms with Crippen LogP contribution in [0.25, 0.3) is 0 Å². The second kappa shape index (κ2) is 12.5. The maximum Gasteiger partial charge on any atom is 0.405 e. The number of alkyl halides is 2. The molecule has 1 aliphatic heterocycles. The van der Waals surface area contributed by atoms with Crippen LogP contribution in [-0.4, -0.2) is 51.4 Å². The quantitative estimate of drug-likeness (QED) is 0.152. The van der Waals surface area contributed by atoms with Crippen molar-refractivity contribution in [3.05, 3.63) is 78.4 Å². The van der Waals surface area contributed by atoms with Gasteiger partial charge in [0.05, 0.1) is 24.1 Å². The molecule has 1 aliphatic rings. The van der Waals surface area contributed by atoms with E-state index in [0.717, 1.165) is 27.2 Å². The van der Waals surface area contributed by atoms with E-state index in [2.05, 4.69) is 13.8 Å². The zero-order valence-corrected chi connectivity index (χ0v) is 25.6. The average molecular weight is 626 g/mol. The monoisotopic (exact) mass is 625 g/mol. The van der Waals surface area contributed by atoms with Gasteiger partial charge in [-0.3, -0.25) is 4.55 Å². The van der Waals surface area contributed by atoms with Gasteiger partial charge in [0.15, 0.2) is 33.4 Å². The van der Waals surface area contributed by atoms with Crippen molar-refractivity contribution in [3.8, 4) is 11.5 Å². The molecule has 0 saturated carbocycles. The third kappa shape index (κ3) is 7.24. The predicted octanol–water partition coefficient (Wildman–Crippen LogP) is 6.26. The molecule has 12 heteroatoms. The molecule has 1 saturated heterocycles. The molecule has 0 aliphatic carbocycles. The SMILES string of the molecule is COCOc1ccc([S+](c2ccc(OC(C)C(F)(F)S(=O)(=O)O)cc2)c2ccc(C3(C)OCC(C)(C)CO3)cc2)cc1. The lowest BCUT2D eigenvalue weighted by molar-refractivity contribution is -0.298. The van der Waals surface area contributed by atoms with Crippen molar-refractivity contribution in [2.75, 3.05) is 27.1 Å². The highest BCUT2D eigenvalue weighted by atomic mass is 32.2. The second-order valence-electron chi connectivity index (χ2n) is 10.8. The van der Waals surface area contributed by atoms with Crippen molar-refractivity contribution in [2.24, 2.45) is 5.41 Å². The molecule has 1 heterocycles. The van der Waals surface area contributed by atoms with E-state index >= 15 is 0 Å². The molecule has 1 fully saturated rings. The minimum atomic E-state index is -5.64. The third-order valence-corrected chi connectivity index (χ3v) is 9.93. The molecule has 4 rings (SSSR count). The van der Waals surface area contributed by atoms with E-state index in [1.54, 1.807) is 12.1 Å². The molecule has 2 unspecified atom stereocenters. The Labute approximate surface area is 248 Å². The number of hydrogen-bond acceptors (Lipinski definition) is 7. The van der Waals surface area contributed by atoms with E-state index in [0.29, 0.717) is 19.0 Å². The first-order valence-electron chi connectivity index (χ1n) is 13.1. The minimum absolute atomic E-state index is 0.0271. The summed E-state index contributed by atoms with van der Waals surface area (Å²) >= 11 is 0. The van der Waals surface area contributed by atoms with Crippen molar-refractivity contribution in [1.82, 2.24) is 0 Å². The van der Waals surface area contributed by atoms with Crippen molar-refractivity contribution in [2.45, 2.75) is 59.5 Å². The molecule has 0 spiro atoms. The molecule has 0 aromatic heterocycles. The highest BCUT2D eigenvalue weighted by Gasteiger charge is 2.51. The molecule has 42 heavy (non-hydrogen) atoms. The second-order valence-corrected chi connectivity index (χ2v) is 14.3. The Hall–Kier alpha value is -2.74. The Morgan fingerprint density at radius 2 is 1.33 bits per heavy atom. The van der Waals surface area contributed by atoms with Crippen LogP contribution in [0.15, 0.2) is 87.5 Å². The molecule has 2 atom stereocenters. The van der Waals surface area contributed by atoms with Gasteiger partial charge in [-0.25, -0.2) is 0 Å². The van der Waals surface area contributed by atoms with E-state index < -0.39 is 38.2 Å². The van der Waals surface area contributed by atoms with Crippen molar-refractivity contribution >= 4 is 21.0 Å². The fourth-order valence-electron chi connectivity index (χ4n) is 4.15. The fourth-order valence-corrected chi connectivity index (χ4v) is 6.66. The summed E-state index contributed by atoms with van der Waals surface area (Å²) < 4.78 is 87.0. The van der Waals surface area contributed by atoms with E-state index in [9.17, 15) is 17.2 Å². The van der Waals surface area contributed by atoms with Crippen molar-refractivity contribution in [3.63, 3.8) is 0 Å². The maximum atomic E-state index is 14.0. The van der Waals surface area contributed by atoms with E-state index in [1.807, 2.05) is 55.5 Å². The standard InChI is InChI=1S/C30H34F2O8S2/c1-21(30(31,32)42(33,34)35)40-24-10-16-27(17-11-24)41(26-14-8-23(9-15-26)37-20-36-5)25-12-6-22(7-13-25)29(4)38-18-28(2,3)19-39-29/h6-17,21H,18-20H2,1-5H3/p+1. The highest BCUT2D eigenvalue weighted by Crippen LogP contribution is 2.39. The molecular weight excluding hydrogens is 590 g/mol. The largest absolute Gasteiger partial charge is 0.483 e. The molecule has 0 bridgehead atoms. The Balaban J connectivity index is 1.64. The summed E-state index contributed by atoms with van der Waals surface area (Å²) in [7, 11) is -4.73. The summed E-state index contributed by atoms with van der Waals surface area (Å²) in [5.41, 5.74) is 0.812. The summed E-state index contributed by atoms with van der Waals surface area (Å²) in [5.74, 6) is -0.203. The average Bonchev–Trinajstić information content (AvgIpc) is 2.95. The van der Waals surface area contributed by atoms with Crippen LogP contribution in [0, 0.1) is 5.41 Å². The van der Waals surface area contributed by atoms with Gasteiger partial charge in [-0.2, -0.15) is 17.2 Å². The van der Waals surface area contributed by atoms with Crippen molar-refractivity contribution in [1.29, 1.82) is 0 Å². The van der Waals surface area contributed by atoms with Gasteiger partial charge in [0, 0.05) is 18.1 Å². The molecule has 3 aromatic rings. The van der Waals surface area contributed by atoms with Crippen LogP contribution >= 0.6 is 0 Å². The van der Waals surface area contributed by atoms with Crippen LogP contribution in [0.1, 0.15) is 33.3 Å². The van der Waals surface area contributed by atoms with Crippen LogP contribution in [-0.2, 0) is 41.0 Å².